The molecule has 0 aliphatic carbocycles. The molecule has 0 radical (unpaired) electrons. The Morgan fingerprint density at radius 1 is 1.33 bits per heavy atom. The van der Waals surface area contributed by atoms with Gasteiger partial charge in [-0.2, -0.15) is 0 Å². The minimum Gasteiger partial charge on any atom is -0.481 e. The van der Waals surface area contributed by atoms with Crippen molar-refractivity contribution in [3.63, 3.8) is 0 Å². The normalized spacial score (nSPS) is 20.4. The molecular formula is C19H20N2O3. The summed E-state index contributed by atoms with van der Waals surface area (Å²) in [6, 6.07) is 9.20. The SMILES string of the molecule is Cc1ccc(C2C(C(=O)O)CC(=O)N2Cc2cccnc2)c(C)c1. The van der Waals surface area contributed by atoms with Crippen LogP contribution in [-0.2, 0) is 16.1 Å². The van der Waals surface area contributed by atoms with Gasteiger partial charge in [0.1, 0.15) is 0 Å². The van der Waals surface area contributed by atoms with E-state index in [-0.39, 0.29) is 12.3 Å². The van der Waals surface area contributed by atoms with Gasteiger partial charge in [-0.3, -0.25) is 14.6 Å². The van der Waals surface area contributed by atoms with Crippen LogP contribution < -0.4 is 0 Å². The number of pyridine rings is 1. The number of carboxylic acids is 1. The van der Waals surface area contributed by atoms with Crippen LogP contribution >= 0.6 is 0 Å². The number of nitrogens with zero attached hydrogens (tertiary/aromatic N) is 2. The van der Waals surface area contributed by atoms with Crippen LogP contribution in [0.1, 0.15) is 34.7 Å². The van der Waals surface area contributed by atoms with E-state index in [4.69, 9.17) is 0 Å². The lowest BCUT2D eigenvalue weighted by atomic mass is 9.90. The quantitative estimate of drug-likeness (QED) is 0.939. The maximum atomic E-state index is 12.5. The summed E-state index contributed by atoms with van der Waals surface area (Å²) in [4.78, 5) is 30.0. The van der Waals surface area contributed by atoms with E-state index in [1.54, 1.807) is 17.3 Å². The van der Waals surface area contributed by atoms with Crippen molar-refractivity contribution in [1.29, 1.82) is 0 Å². The van der Waals surface area contributed by atoms with E-state index in [9.17, 15) is 14.7 Å². The summed E-state index contributed by atoms with van der Waals surface area (Å²) in [6.07, 6.45) is 3.42. The molecule has 1 fully saturated rings. The molecule has 5 heteroatoms. The molecule has 124 valence electrons. The van der Waals surface area contributed by atoms with E-state index in [1.165, 1.54) is 0 Å². The monoisotopic (exact) mass is 324 g/mol. The number of amides is 1. The first-order valence-corrected chi connectivity index (χ1v) is 7.95. The lowest BCUT2D eigenvalue weighted by Crippen LogP contribution is -2.30. The molecule has 1 aromatic heterocycles. The minimum absolute atomic E-state index is 0.0353. The van der Waals surface area contributed by atoms with Crippen LogP contribution in [0, 0.1) is 19.8 Å². The van der Waals surface area contributed by atoms with Crippen LogP contribution in [0.15, 0.2) is 42.7 Å². The molecule has 2 heterocycles. The van der Waals surface area contributed by atoms with Crippen LogP contribution in [0.2, 0.25) is 0 Å². The van der Waals surface area contributed by atoms with Crippen molar-refractivity contribution >= 4 is 11.9 Å². The molecule has 3 rings (SSSR count). The van der Waals surface area contributed by atoms with Crippen molar-refractivity contribution in [2.24, 2.45) is 5.92 Å². The number of benzene rings is 1. The zero-order valence-corrected chi connectivity index (χ0v) is 13.8. The van der Waals surface area contributed by atoms with Crippen molar-refractivity contribution in [3.8, 4) is 0 Å². The summed E-state index contributed by atoms with van der Waals surface area (Å²) in [6.45, 7) is 4.33. The number of carbonyl (C=O) groups excluding carboxylic acids is 1. The van der Waals surface area contributed by atoms with E-state index in [0.717, 1.165) is 22.3 Å². The third kappa shape index (κ3) is 3.02. The first kappa shape index (κ1) is 16.2. The number of hydrogen-bond acceptors (Lipinski definition) is 3. The number of carboxylic acid groups (broad SMARTS) is 1. The number of aromatic nitrogens is 1. The summed E-state index contributed by atoms with van der Waals surface area (Å²) in [7, 11) is 0. The van der Waals surface area contributed by atoms with Gasteiger partial charge >= 0.3 is 5.97 Å². The second-order valence-corrected chi connectivity index (χ2v) is 6.34. The van der Waals surface area contributed by atoms with Crippen LogP contribution in [0.4, 0.5) is 0 Å². The van der Waals surface area contributed by atoms with Gasteiger partial charge in [0.25, 0.3) is 0 Å². The van der Waals surface area contributed by atoms with Gasteiger partial charge < -0.3 is 10.0 Å². The Labute approximate surface area is 140 Å². The summed E-state index contributed by atoms with van der Waals surface area (Å²) in [5.41, 5.74) is 3.93. The molecule has 1 aliphatic heterocycles. The molecule has 5 nitrogen and oxygen atoms in total. The summed E-state index contributed by atoms with van der Waals surface area (Å²) < 4.78 is 0. The highest BCUT2D eigenvalue weighted by atomic mass is 16.4. The molecular weight excluding hydrogens is 304 g/mol. The number of hydrogen-bond donors (Lipinski definition) is 1. The number of aliphatic carboxylic acids is 1. The predicted molar refractivity (Wildman–Crippen MR) is 89.2 cm³/mol. The molecule has 1 N–H and O–H groups in total. The van der Waals surface area contributed by atoms with Crippen LogP contribution in [0.25, 0.3) is 0 Å². The fourth-order valence-corrected chi connectivity index (χ4v) is 3.43. The first-order chi connectivity index (χ1) is 11.5. The van der Waals surface area contributed by atoms with Crippen LogP contribution in [-0.4, -0.2) is 26.9 Å². The Hall–Kier alpha value is -2.69. The average molecular weight is 324 g/mol. The third-order valence-corrected chi connectivity index (χ3v) is 4.57. The van der Waals surface area contributed by atoms with Gasteiger partial charge in [0.2, 0.25) is 5.91 Å². The highest BCUT2D eigenvalue weighted by molar-refractivity contribution is 5.87. The van der Waals surface area contributed by atoms with Crippen molar-refractivity contribution in [2.75, 3.05) is 0 Å². The zero-order chi connectivity index (χ0) is 17.3. The summed E-state index contributed by atoms with van der Waals surface area (Å²) >= 11 is 0. The predicted octanol–water partition coefficient (Wildman–Crippen LogP) is 2.87. The molecule has 1 aliphatic rings. The molecule has 2 atom stereocenters. The van der Waals surface area contributed by atoms with E-state index < -0.39 is 17.9 Å². The molecule has 0 spiro atoms. The van der Waals surface area contributed by atoms with Gasteiger partial charge in [0, 0.05) is 25.4 Å². The standard InChI is InChI=1S/C19H20N2O3/c1-12-5-6-15(13(2)8-12)18-16(19(23)24)9-17(22)21(18)11-14-4-3-7-20-10-14/h3-8,10,16,18H,9,11H2,1-2H3,(H,23,24). The zero-order valence-electron chi connectivity index (χ0n) is 13.8. The number of rotatable bonds is 4. The van der Waals surface area contributed by atoms with E-state index >= 15 is 0 Å². The maximum Gasteiger partial charge on any atom is 0.309 e. The summed E-state index contributed by atoms with van der Waals surface area (Å²) in [5, 5.41) is 9.60. The van der Waals surface area contributed by atoms with Gasteiger partial charge in [-0.05, 0) is 36.6 Å². The van der Waals surface area contributed by atoms with E-state index in [2.05, 4.69) is 4.98 Å². The minimum atomic E-state index is -0.929. The number of likely N-dealkylation sites (tertiary alicyclic amines) is 1. The van der Waals surface area contributed by atoms with E-state index in [1.807, 2.05) is 44.2 Å². The van der Waals surface area contributed by atoms with Crippen LogP contribution in [0.3, 0.4) is 0 Å². The largest absolute Gasteiger partial charge is 0.481 e. The highest BCUT2D eigenvalue weighted by Gasteiger charge is 2.45. The summed E-state index contributed by atoms with van der Waals surface area (Å²) in [5.74, 6) is -1.78. The van der Waals surface area contributed by atoms with Gasteiger partial charge in [0.15, 0.2) is 0 Å². The molecule has 1 aromatic carbocycles. The second-order valence-electron chi connectivity index (χ2n) is 6.34. The molecule has 2 aromatic rings. The van der Waals surface area contributed by atoms with Gasteiger partial charge in [0.05, 0.1) is 12.0 Å². The Morgan fingerprint density at radius 2 is 2.12 bits per heavy atom. The number of carbonyl (C=O) groups is 2. The molecule has 0 saturated carbocycles. The number of aryl methyl sites for hydroxylation is 2. The topological polar surface area (TPSA) is 70.5 Å². The highest BCUT2D eigenvalue weighted by Crippen LogP contribution is 2.40. The molecule has 0 bridgehead atoms. The second kappa shape index (κ2) is 6.43. The Morgan fingerprint density at radius 3 is 2.75 bits per heavy atom. The van der Waals surface area contributed by atoms with Gasteiger partial charge in [-0.1, -0.05) is 29.8 Å². The Kier molecular flexibility index (Phi) is 4.34. The first-order valence-electron chi connectivity index (χ1n) is 7.95. The smallest absolute Gasteiger partial charge is 0.309 e. The van der Waals surface area contributed by atoms with Gasteiger partial charge in [-0.25, -0.2) is 0 Å². The van der Waals surface area contributed by atoms with E-state index in [0.29, 0.717) is 6.54 Å². The molecule has 1 saturated heterocycles. The average Bonchev–Trinajstić information content (AvgIpc) is 2.86. The van der Waals surface area contributed by atoms with Crippen molar-refractivity contribution < 1.29 is 14.7 Å². The third-order valence-electron chi connectivity index (χ3n) is 4.57. The van der Waals surface area contributed by atoms with Crippen molar-refractivity contribution in [2.45, 2.75) is 32.9 Å². The van der Waals surface area contributed by atoms with Crippen molar-refractivity contribution in [3.05, 3.63) is 65.0 Å². The fraction of sp³-hybridized carbons (Fsp3) is 0.316. The Balaban J connectivity index is 2.01. The Bertz CT molecular complexity index is 773. The molecule has 2 unspecified atom stereocenters. The fourth-order valence-electron chi connectivity index (χ4n) is 3.43. The van der Waals surface area contributed by atoms with Crippen molar-refractivity contribution in [1.82, 2.24) is 9.88 Å². The lowest BCUT2D eigenvalue weighted by molar-refractivity contribution is -0.142. The van der Waals surface area contributed by atoms with Gasteiger partial charge in [-0.15, -0.1) is 0 Å². The molecule has 24 heavy (non-hydrogen) atoms. The lowest BCUT2D eigenvalue weighted by Gasteiger charge is -2.28. The maximum absolute atomic E-state index is 12.5. The van der Waals surface area contributed by atoms with Crippen LogP contribution in [0.5, 0.6) is 0 Å². The molecule has 1 amide bonds.